The normalized spacial score (nSPS) is 22.4. The lowest BCUT2D eigenvalue weighted by Crippen LogP contribution is -2.30. The molecule has 1 aliphatic rings. The summed E-state index contributed by atoms with van der Waals surface area (Å²) in [6.45, 7) is 5.53. The second kappa shape index (κ2) is 5.36. The van der Waals surface area contributed by atoms with Crippen molar-refractivity contribution in [2.24, 2.45) is 0 Å². The van der Waals surface area contributed by atoms with Crippen LogP contribution in [0.3, 0.4) is 0 Å². The average molecular weight is 272 g/mol. The van der Waals surface area contributed by atoms with Gasteiger partial charge in [-0.1, -0.05) is 6.92 Å². The Balaban J connectivity index is 1.94. The van der Waals surface area contributed by atoms with Gasteiger partial charge < -0.3 is 9.88 Å². The van der Waals surface area contributed by atoms with Gasteiger partial charge in [-0.15, -0.1) is 10.2 Å². The Morgan fingerprint density at radius 2 is 2.22 bits per heavy atom. The van der Waals surface area contributed by atoms with Crippen LogP contribution in [0.15, 0.2) is 0 Å². The summed E-state index contributed by atoms with van der Waals surface area (Å²) in [6, 6.07) is 0.0575. The van der Waals surface area contributed by atoms with E-state index in [2.05, 4.69) is 27.0 Å². The number of aromatic nitrogens is 3. The highest BCUT2D eigenvalue weighted by molar-refractivity contribution is 7.91. The Bertz CT molecular complexity index is 509. The molecule has 1 aliphatic heterocycles. The van der Waals surface area contributed by atoms with Crippen LogP contribution in [0, 0.1) is 6.92 Å². The fourth-order valence-corrected chi connectivity index (χ4v) is 3.97. The summed E-state index contributed by atoms with van der Waals surface area (Å²) in [5.41, 5.74) is 0. The van der Waals surface area contributed by atoms with E-state index >= 15 is 0 Å². The van der Waals surface area contributed by atoms with Gasteiger partial charge in [0.2, 0.25) is 0 Å². The summed E-state index contributed by atoms with van der Waals surface area (Å²) in [5, 5.41) is 11.5. The number of nitrogens with zero attached hydrogens (tertiary/aromatic N) is 3. The maximum Gasteiger partial charge on any atom is 0.151 e. The Kier molecular flexibility index (Phi) is 4.01. The Morgan fingerprint density at radius 1 is 1.44 bits per heavy atom. The van der Waals surface area contributed by atoms with Crippen LogP contribution in [0.5, 0.6) is 0 Å². The van der Waals surface area contributed by atoms with Gasteiger partial charge in [0.15, 0.2) is 9.84 Å². The average Bonchev–Trinajstić information content (AvgIpc) is 2.82. The molecule has 102 valence electrons. The molecule has 0 saturated carbocycles. The minimum Gasteiger partial charge on any atom is -0.314 e. The van der Waals surface area contributed by atoms with E-state index in [9.17, 15) is 8.42 Å². The first kappa shape index (κ1) is 13.5. The summed E-state index contributed by atoms with van der Waals surface area (Å²) < 4.78 is 24.8. The van der Waals surface area contributed by atoms with Crippen LogP contribution in [-0.4, -0.2) is 40.7 Å². The summed E-state index contributed by atoms with van der Waals surface area (Å²) in [4.78, 5) is 0. The first-order valence-corrected chi connectivity index (χ1v) is 8.16. The van der Waals surface area contributed by atoms with E-state index in [1.54, 1.807) is 0 Å². The van der Waals surface area contributed by atoms with E-state index in [0.717, 1.165) is 24.6 Å². The van der Waals surface area contributed by atoms with Gasteiger partial charge in [0.25, 0.3) is 0 Å². The van der Waals surface area contributed by atoms with Crippen molar-refractivity contribution < 1.29 is 8.42 Å². The summed E-state index contributed by atoms with van der Waals surface area (Å²) in [7, 11) is -2.82. The zero-order valence-corrected chi connectivity index (χ0v) is 11.7. The fraction of sp³-hybridized carbons (Fsp3) is 0.818. The Hall–Kier alpha value is -0.950. The summed E-state index contributed by atoms with van der Waals surface area (Å²) in [5.74, 6) is 2.34. The number of aryl methyl sites for hydroxylation is 1. The van der Waals surface area contributed by atoms with Gasteiger partial charge in [0.05, 0.1) is 18.1 Å². The van der Waals surface area contributed by atoms with Crippen molar-refractivity contribution in [2.45, 2.75) is 45.8 Å². The quantitative estimate of drug-likeness (QED) is 0.832. The van der Waals surface area contributed by atoms with Crippen molar-refractivity contribution in [3.05, 3.63) is 11.6 Å². The fourth-order valence-electron chi connectivity index (χ4n) is 2.26. The van der Waals surface area contributed by atoms with Crippen molar-refractivity contribution >= 4 is 9.84 Å². The highest BCUT2D eigenvalue weighted by Gasteiger charge is 2.27. The molecule has 1 aromatic heterocycles. The van der Waals surface area contributed by atoms with E-state index in [1.807, 2.05) is 6.92 Å². The zero-order chi connectivity index (χ0) is 13.2. The third-order valence-electron chi connectivity index (χ3n) is 3.24. The molecule has 0 bridgehead atoms. The molecular weight excluding hydrogens is 252 g/mol. The van der Waals surface area contributed by atoms with Crippen LogP contribution < -0.4 is 5.32 Å². The molecule has 0 spiro atoms. The number of sulfone groups is 1. The molecule has 18 heavy (non-hydrogen) atoms. The second-order valence-corrected chi connectivity index (χ2v) is 7.02. The maximum atomic E-state index is 11.4. The smallest absolute Gasteiger partial charge is 0.151 e. The predicted octanol–water partition coefficient (Wildman–Crippen LogP) is 0.273. The molecule has 0 aliphatic carbocycles. The summed E-state index contributed by atoms with van der Waals surface area (Å²) in [6.07, 6.45) is 1.73. The van der Waals surface area contributed by atoms with Crippen LogP contribution in [-0.2, 0) is 22.9 Å². The Labute approximate surface area is 108 Å². The van der Waals surface area contributed by atoms with E-state index in [4.69, 9.17) is 0 Å². The largest absolute Gasteiger partial charge is 0.314 e. The van der Waals surface area contributed by atoms with Gasteiger partial charge >= 0.3 is 0 Å². The molecular formula is C11H20N4O2S. The predicted molar refractivity (Wildman–Crippen MR) is 68.9 cm³/mol. The molecule has 2 heterocycles. The minimum absolute atomic E-state index is 0.0575. The number of hydrogen-bond acceptors (Lipinski definition) is 5. The van der Waals surface area contributed by atoms with Gasteiger partial charge in [-0.25, -0.2) is 8.42 Å². The SMILES string of the molecule is CCCn1c(C)nnc1CNC1CCS(=O)(=O)C1. The molecule has 2 rings (SSSR count). The van der Waals surface area contributed by atoms with E-state index in [-0.39, 0.29) is 11.8 Å². The van der Waals surface area contributed by atoms with Gasteiger partial charge in [0, 0.05) is 12.6 Å². The standard InChI is InChI=1S/C11H20N4O2S/c1-3-5-15-9(2)13-14-11(15)7-12-10-4-6-18(16,17)8-10/h10,12H,3-8H2,1-2H3. The zero-order valence-electron chi connectivity index (χ0n) is 10.9. The third-order valence-corrected chi connectivity index (χ3v) is 5.01. The molecule has 7 heteroatoms. The highest BCUT2D eigenvalue weighted by atomic mass is 32.2. The van der Waals surface area contributed by atoms with Crippen LogP contribution in [0.1, 0.15) is 31.4 Å². The summed E-state index contributed by atoms with van der Waals surface area (Å²) >= 11 is 0. The van der Waals surface area contributed by atoms with Gasteiger partial charge in [-0.3, -0.25) is 0 Å². The number of nitrogens with one attached hydrogen (secondary N) is 1. The first-order chi connectivity index (χ1) is 8.52. The molecule has 0 radical (unpaired) electrons. The highest BCUT2D eigenvalue weighted by Crippen LogP contribution is 2.12. The van der Waals surface area contributed by atoms with Crippen LogP contribution in [0.4, 0.5) is 0 Å². The third kappa shape index (κ3) is 3.08. The molecule has 1 N–H and O–H groups in total. The molecule has 1 unspecified atom stereocenters. The Morgan fingerprint density at radius 3 is 2.83 bits per heavy atom. The second-order valence-electron chi connectivity index (χ2n) is 4.80. The van der Waals surface area contributed by atoms with E-state index < -0.39 is 9.84 Å². The van der Waals surface area contributed by atoms with Crippen molar-refractivity contribution in [3.8, 4) is 0 Å². The van der Waals surface area contributed by atoms with Gasteiger partial charge in [0.1, 0.15) is 11.6 Å². The van der Waals surface area contributed by atoms with Crippen molar-refractivity contribution in [1.82, 2.24) is 20.1 Å². The molecule has 0 aromatic carbocycles. The van der Waals surface area contributed by atoms with Crippen LogP contribution in [0.2, 0.25) is 0 Å². The minimum atomic E-state index is -2.82. The maximum absolute atomic E-state index is 11.4. The van der Waals surface area contributed by atoms with Gasteiger partial charge in [-0.05, 0) is 19.8 Å². The molecule has 0 amide bonds. The van der Waals surface area contributed by atoms with Crippen LogP contribution in [0.25, 0.3) is 0 Å². The molecule has 1 atom stereocenters. The van der Waals surface area contributed by atoms with Crippen molar-refractivity contribution in [3.63, 3.8) is 0 Å². The van der Waals surface area contributed by atoms with E-state index in [0.29, 0.717) is 18.7 Å². The monoisotopic (exact) mass is 272 g/mol. The number of hydrogen-bond donors (Lipinski definition) is 1. The molecule has 1 aromatic rings. The van der Waals surface area contributed by atoms with Gasteiger partial charge in [-0.2, -0.15) is 0 Å². The van der Waals surface area contributed by atoms with Crippen LogP contribution >= 0.6 is 0 Å². The first-order valence-electron chi connectivity index (χ1n) is 6.34. The lowest BCUT2D eigenvalue weighted by Gasteiger charge is -2.11. The molecule has 1 saturated heterocycles. The lowest BCUT2D eigenvalue weighted by atomic mass is 10.2. The van der Waals surface area contributed by atoms with Crippen molar-refractivity contribution in [2.75, 3.05) is 11.5 Å². The molecule has 1 fully saturated rings. The lowest BCUT2D eigenvalue weighted by molar-refractivity contribution is 0.518. The number of rotatable bonds is 5. The topological polar surface area (TPSA) is 76.9 Å². The van der Waals surface area contributed by atoms with Crippen molar-refractivity contribution in [1.29, 1.82) is 0 Å². The molecule has 6 nitrogen and oxygen atoms in total. The van der Waals surface area contributed by atoms with E-state index in [1.165, 1.54) is 0 Å².